The van der Waals surface area contributed by atoms with E-state index in [1.54, 1.807) is 24.3 Å². The van der Waals surface area contributed by atoms with E-state index in [9.17, 15) is 4.79 Å². The first-order valence-electron chi connectivity index (χ1n) is 5.68. The molecule has 0 unspecified atom stereocenters. The first kappa shape index (κ1) is 12.4. The van der Waals surface area contributed by atoms with Crippen molar-refractivity contribution in [1.82, 2.24) is 18.9 Å². The fraction of sp³-hybridized carbons (Fsp3) is 0.0833. The van der Waals surface area contributed by atoms with Crippen molar-refractivity contribution in [2.45, 2.75) is 0 Å². The summed E-state index contributed by atoms with van der Waals surface area (Å²) in [5.74, 6) is -0.00648. The van der Waals surface area contributed by atoms with Gasteiger partial charge in [-0.15, -0.1) is 10.2 Å². The molecular formula is C12H9N5O2S. The third-order valence-corrected chi connectivity index (χ3v) is 3.16. The predicted molar refractivity (Wildman–Crippen MR) is 74.0 cm³/mol. The van der Waals surface area contributed by atoms with Gasteiger partial charge >= 0.3 is 0 Å². The van der Waals surface area contributed by atoms with Gasteiger partial charge in [-0.1, -0.05) is 6.07 Å². The second-order valence-electron chi connectivity index (χ2n) is 3.85. The van der Waals surface area contributed by atoms with Crippen LogP contribution in [0.4, 0.5) is 5.69 Å². The Hall–Kier alpha value is -2.61. The molecule has 7 nitrogen and oxygen atoms in total. The van der Waals surface area contributed by atoms with Crippen LogP contribution >= 0.6 is 11.7 Å². The van der Waals surface area contributed by atoms with E-state index in [2.05, 4.69) is 24.3 Å². The van der Waals surface area contributed by atoms with Crippen molar-refractivity contribution in [3.63, 3.8) is 0 Å². The molecule has 1 amide bonds. The number of hydrogen-bond donors (Lipinski definition) is 1. The molecule has 20 heavy (non-hydrogen) atoms. The van der Waals surface area contributed by atoms with E-state index in [0.29, 0.717) is 17.1 Å². The Morgan fingerprint density at radius 2 is 2.10 bits per heavy atom. The molecule has 0 aliphatic heterocycles. The Kier molecular flexibility index (Phi) is 3.21. The van der Waals surface area contributed by atoms with Gasteiger partial charge in [-0.05, 0) is 18.2 Å². The van der Waals surface area contributed by atoms with Gasteiger partial charge in [0.2, 0.25) is 5.88 Å². The van der Waals surface area contributed by atoms with Gasteiger partial charge in [-0.2, -0.15) is 8.75 Å². The van der Waals surface area contributed by atoms with Crippen molar-refractivity contribution in [1.29, 1.82) is 0 Å². The van der Waals surface area contributed by atoms with Gasteiger partial charge in [0.25, 0.3) is 5.91 Å². The van der Waals surface area contributed by atoms with Crippen molar-refractivity contribution in [2.75, 3.05) is 12.4 Å². The summed E-state index contributed by atoms with van der Waals surface area (Å²) in [5.41, 5.74) is 2.20. The molecule has 0 saturated heterocycles. The molecule has 0 bridgehead atoms. The standard InChI is InChI=1S/C12H9N5O2S/c1-19-10-6-5-9(14-15-10)12(18)13-7-3-2-4-8-11(7)17-20-16-8/h2-6H,1H3,(H,13,18). The molecule has 3 aromatic rings. The van der Waals surface area contributed by atoms with Gasteiger partial charge in [0, 0.05) is 6.07 Å². The minimum atomic E-state index is -0.361. The number of amides is 1. The quantitative estimate of drug-likeness (QED) is 0.789. The van der Waals surface area contributed by atoms with Gasteiger partial charge in [0.05, 0.1) is 24.5 Å². The van der Waals surface area contributed by atoms with Gasteiger partial charge in [-0.3, -0.25) is 4.79 Å². The number of carbonyl (C=O) groups is 1. The Bertz CT molecular complexity index is 756. The van der Waals surface area contributed by atoms with Crippen molar-refractivity contribution in [2.24, 2.45) is 0 Å². The fourth-order valence-electron chi connectivity index (χ4n) is 1.64. The average Bonchev–Trinajstić information content (AvgIpc) is 2.97. The van der Waals surface area contributed by atoms with E-state index in [1.807, 2.05) is 6.07 Å². The summed E-state index contributed by atoms with van der Waals surface area (Å²) in [6.07, 6.45) is 0. The normalized spacial score (nSPS) is 10.4. The highest BCUT2D eigenvalue weighted by molar-refractivity contribution is 7.00. The third-order valence-electron chi connectivity index (χ3n) is 2.62. The smallest absolute Gasteiger partial charge is 0.276 e. The Morgan fingerprint density at radius 3 is 2.85 bits per heavy atom. The molecule has 1 N–H and O–H groups in total. The van der Waals surface area contributed by atoms with Crippen LogP contribution in [0, 0.1) is 0 Å². The number of methoxy groups -OCH3 is 1. The molecule has 2 heterocycles. The monoisotopic (exact) mass is 287 g/mol. The molecule has 0 aliphatic carbocycles. The maximum atomic E-state index is 12.1. The van der Waals surface area contributed by atoms with Crippen molar-refractivity contribution in [3.05, 3.63) is 36.0 Å². The van der Waals surface area contributed by atoms with E-state index in [1.165, 1.54) is 7.11 Å². The van der Waals surface area contributed by atoms with E-state index >= 15 is 0 Å². The van der Waals surface area contributed by atoms with Crippen LogP contribution < -0.4 is 10.1 Å². The summed E-state index contributed by atoms with van der Waals surface area (Å²) in [6, 6.07) is 8.52. The van der Waals surface area contributed by atoms with E-state index in [-0.39, 0.29) is 11.6 Å². The van der Waals surface area contributed by atoms with E-state index < -0.39 is 0 Å². The summed E-state index contributed by atoms with van der Waals surface area (Å²) in [7, 11) is 1.49. The Labute approximate surface area is 117 Å². The minimum Gasteiger partial charge on any atom is -0.480 e. The molecule has 0 aliphatic rings. The van der Waals surface area contributed by atoms with Crippen molar-refractivity contribution in [3.8, 4) is 5.88 Å². The van der Waals surface area contributed by atoms with Crippen LogP contribution in [-0.2, 0) is 0 Å². The number of rotatable bonds is 3. The SMILES string of the molecule is COc1ccc(C(=O)Nc2cccc3nsnc23)nn1. The number of fused-ring (bicyclic) bond motifs is 1. The number of nitrogens with one attached hydrogen (secondary N) is 1. The van der Waals surface area contributed by atoms with E-state index in [4.69, 9.17) is 4.74 Å². The van der Waals surface area contributed by atoms with Crippen LogP contribution in [0.1, 0.15) is 10.5 Å². The number of aromatic nitrogens is 4. The van der Waals surface area contributed by atoms with Crippen LogP contribution in [0.3, 0.4) is 0 Å². The molecule has 0 atom stereocenters. The number of benzene rings is 1. The summed E-state index contributed by atoms with van der Waals surface area (Å²) in [4.78, 5) is 12.1. The summed E-state index contributed by atoms with van der Waals surface area (Å²) >= 11 is 1.10. The highest BCUT2D eigenvalue weighted by Gasteiger charge is 2.12. The highest BCUT2D eigenvalue weighted by atomic mass is 32.1. The lowest BCUT2D eigenvalue weighted by Crippen LogP contribution is -2.14. The molecule has 1 aromatic carbocycles. The number of carbonyl (C=O) groups excluding carboxylic acids is 1. The number of anilines is 1. The number of hydrogen-bond acceptors (Lipinski definition) is 7. The van der Waals surface area contributed by atoms with Crippen molar-refractivity contribution < 1.29 is 9.53 Å². The molecule has 0 radical (unpaired) electrons. The summed E-state index contributed by atoms with van der Waals surface area (Å²) in [5, 5.41) is 10.3. The lowest BCUT2D eigenvalue weighted by molar-refractivity contribution is 0.102. The first-order valence-corrected chi connectivity index (χ1v) is 6.41. The molecule has 8 heteroatoms. The largest absolute Gasteiger partial charge is 0.480 e. The molecule has 2 aromatic heterocycles. The van der Waals surface area contributed by atoms with E-state index in [0.717, 1.165) is 17.2 Å². The van der Waals surface area contributed by atoms with Crippen LogP contribution in [0.25, 0.3) is 11.0 Å². The molecule has 0 saturated carbocycles. The summed E-state index contributed by atoms with van der Waals surface area (Å²) in [6.45, 7) is 0. The first-order chi connectivity index (χ1) is 9.78. The summed E-state index contributed by atoms with van der Waals surface area (Å²) < 4.78 is 13.2. The van der Waals surface area contributed by atoms with Crippen molar-refractivity contribution >= 4 is 34.4 Å². The fourth-order valence-corrected chi connectivity index (χ4v) is 2.19. The third kappa shape index (κ3) is 2.28. The molecule has 0 fully saturated rings. The zero-order valence-electron chi connectivity index (χ0n) is 10.4. The van der Waals surface area contributed by atoms with Crippen LogP contribution in [0.2, 0.25) is 0 Å². The molecule has 3 rings (SSSR count). The number of nitrogens with zero attached hydrogens (tertiary/aromatic N) is 4. The Balaban J connectivity index is 1.86. The van der Waals surface area contributed by atoms with Gasteiger partial charge in [0.15, 0.2) is 5.69 Å². The average molecular weight is 287 g/mol. The molecule has 0 spiro atoms. The second kappa shape index (κ2) is 5.17. The van der Waals surface area contributed by atoms with Crippen LogP contribution in [0.5, 0.6) is 5.88 Å². The van der Waals surface area contributed by atoms with Crippen LogP contribution in [-0.4, -0.2) is 32.0 Å². The van der Waals surface area contributed by atoms with Gasteiger partial charge in [0.1, 0.15) is 11.0 Å². The second-order valence-corrected chi connectivity index (χ2v) is 4.38. The minimum absolute atomic E-state index is 0.200. The predicted octanol–water partition coefficient (Wildman–Crippen LogP) is 1.74. The topological polar surface area (TPSA) is 89.9 Å². The zero-order chi connectivity index (χ0) is 13.9. The van der Waals surface area contributed by atoms with Gasteiger partial charge in [-0.25, -0.2) is 0 Å². The zero-order valence-corrected chi connectivity index (χ0v) is 11.2. The highest BCUT2D eigenvalue weighted by Crippen LogP contribution is 2.21. The lowest BCUT2D eigenvalue weighted by atomic mass is 10.2. The maximum absolute atomic E-state index is 12.1. The Morgan fingerprint density at radius 1 is 1.20 bits per heavy atom. The maximum Gasteiger partial charge on any atom is 0.276 e. The number of ether oxygens (including phenoxy) is 1. The van der Waals surface area contributed by atoms with Crippen LogP contribution in [0.15, 0.2) is 30.3 Å². The molecular weight excluding hydrogens is 278 g/mol. The van der Waals surface area contributed by atoms with Gasteiger partial charge < -0.3 is 10.1 Å². The lowest BCUT2D eigenvalue weighted by Gasteiger charge is -2.04. The molecule has 100 valence electrons.